The molecule has 1 aromatic rings. The summed E-state index contributed by atoms with van der Waals surface area (Å²) in [4.78, 5) is 37.1. The molecular formula is C13H17N3O5. The summed E-state index contributed by atoms with van der Waals surface area (Å²) in [5.41, 5.74) is 0.813. The largest absolute Gasteiger partial charge is 0.352 e. The standard InChI is InChI=1S/C13H17N3O5/c1-10(17)15-12-7-3-2-6-11(12)13(18)14-8-4-5-9-21-16(19)20/h2-3,6-7H,4-5,8-9H2,1H3,(H,14,18)(H,15,17). The van der Waals surface area contributed by atoms with Gasteiger partial charge in [-0.15, -0.1) is 10.1 Å². The van der Waals surface area contributed by atoms with Crippen LogP contribution in [0.1, 0.15) is 30.1 Å². The summed E-state index contributed by atoms with van der Waals surface area (Å²) < 4.78 is 0. The van der Waals surface area contributed by atoms with Crippen molar-refractivity contribution < 1.29 is 19.5 Å². The van der Waals surface area contributed by atoms with Gasteiger partial charge in [-0.3, -0.25) is 9.59 Å². The van der Waals surface area contributed by atoms with Gasteiger partial charge in [0.25, 0.3) is 11.0 Å². The van der Waals surface area contributed by atoms with Crippen LogP contribution in [0.25, 0.3) is 0 Å². The molecule has 0 heterocycles. The van der Waals surface area contributed by atoms with Crippen LogP contribution in [0.4, 0.5) is 5.69 Å². The second-order valence-corrected chi connectivity index (χ2v) is 4.25. The van der Waals surface area contributed by atoms with Crippen molar-refractivity contribution in [1.82, 2.24) is 5.32 Å². The van der Waals surface area contributed by atoms with E-state index in [-0.39, 0.29) is 18.4 Å². The van der Waals surface area contributed by atoms with E-state index in [0.29, 0.717) is 30.6 Å². The number of carbonyl (C=O) groups excluding carboxylic acids is 2. The number of para-hydroxylation sites is 1. The molecule has 0 bridgehead atoms. The summed E-state index contributed by atoms with van der Waals surface area (Å²) in [6.45, 7) is 1.74. The van der Waals surface area contributed by atoms with Crippen LogP contribution in [0.3, 0.4) is 0 Å². The molecule has 2 amide bonds. The minimum atomic E-state index is -0.845. The van der Waals surface area contributed by atoms with E-state index >= 15 is 0 Å². The van der Waals surface area contributed by atoms with E-state index in [1.165, 1.54) is 6.92 Å². The summed E-state index contributed by atoms with van der Waals surface area (Å²) in [6.07, 6.45) is 1.02. The maximum Gasteiger partial charge on any atom is 0.294 e. The molecule has 8 heteroatoms. The molecule has 0 unspecified atom stereocenters. The van der Waals surface area contributed by atoms with Gasteiger partial charge >= 0.3 is 0 Å². The van der Waals surface area contributed by atoms with Gasteiger partial charge < -0.3 is 15.5 Å². The number of hydrogen-bond donors (Lipinski definition) is 2. The maximum absolute atomic E-state index is 12.0. The number of anilines is 1. The zero-order chi connectivity index (χ0) is 15.7. The average Bonchev–Trinajstić information content (AvgIpc) is 2.42. The SMILES string of the molecule is CC(=O)Nc1ccccc1C(=O)NCCCCO[N+](=O)[O-]. The first-order chi connectivity index (χ1) is 10.0. The van der Waals surface area contributed by atoms with E-state index in [2.05, 4.69) is 15.5 Å². The van der Waals surface area contributed by atoms with Crippen molar-refractivity contribution in [3.63, 3.8) is 0 Å². The number of nitrogens with one attached hydrogen (secondary N) is 2. The topological polar surface area (TPSA) is 111 Å². The number of amides is 2. The highest BCUT2D eigenvalue weighted by molar-refractivity contribution is 6.03. The zero-order valence-electron chi connectivity index (χ0n) is 11.6. The summed E-state index contributed by atoms with van der Waals surface area (Å²) in [7, 11) is 0. The molecule has 0 radical (unpaired) electrons. The molecule has 0 spiro atoms. The van der Waals surface area contributed by atoms with E-state index in [1.54, 1.807) is 24.3 Å². The lowest BCUT2D eigenvalue weighted by atomic mass is 10.1. The van der Waals surface area contributed by atoms with Crippen LogP contribution in [0.15, 0.2) is 24.3 Å². The molecule has 21 heavy (non-hydrogen) atoms. The molecule has 0 aromatic heterocycles. The van der Waals surface area contributed by atoms with E-state index in [1.807, 2.05) is 0 Å². The first-order valence-electron chi connectivity index (χ1n) is 6.43. The molecule has 0 aliphatic heterocycles. The van der Waals surface area contributed by atoms with Crippen molar-refractivity contribution in [2.24, 2.45) is 0 Å². The fraction of sp³-hybridized carbons (Fsp3) is 0.385. The minimum Gasteiger partial charge on any atom is -0.352 e. The Balaban J connectivity index is 2.41. The Morgan fingerprint density at radius 3 is 2.67 bits per heavy atom. The van der Waals surface area contributed by atoms with Crippen LogP contribution in [-0.2, 0) is 9.63 Å². The Morgan fingerprint density at radius 1 is 1.29 bits per heavy atom. The first kappa shape index (κ1) is 16.4. The van der Waals surface area contributed by atoms with Crippen molar-refractivity contribution in [3.8, 4) is 0 Å². The number of nitrogens with zero attached hydrogens (tertiary/aromatic N) is 1. The lowest BCUT2D eigenvalue weighted by molar-refractivity contribution is -0.757. The molecule has 1 rings (SSSR count). The highest BCUT2D eigenvalue weighted by Gasteiger charge is 2.10. The number of carbonyl (C=O) groups is 2. The number of hydrogen-bond acceptors (Lipinski definition) is 5. The first-order valence-corrected chi connectivity index (χ1v) is 6.43. The van der Waals surface area contributed by atoms with Gasteiger partial charge in [0, 0.05) is 13.5 Å². The Morgan fingerprint density at radius 2 is 2.00 bits per heavy atom. The molecule has 0 saturated heterocycles. The van der Waals surface area contributed by atoms with Gasteiger partial charge in [-0.25, -0.2) is 0 Å². The van der Waals surface area contributed by atoms with Crippen LogP contribution < -0.4 is 10.6 Å². The smallest absolute Gasteiger partial charge is 0.294 e. The predicted molar refractivity (Wildman–Crippen MR) is 75.3 cm³/mol. The maximum atomic E-state index is 12.0. The quantitative estimate of drug-likeness (QED) is 0.427. The molecule has 1 aromatic carbocycles. The van der Waals surface area contributed by atoms with E-state index in [4.69, 9.17) is 0 Å². The minimum absolute atomic E-state index is 0.00531. The van der Waals surface area contributed by atoms with E-state index in [0.717, 1.165) is 0 Å². The van der Waals surface area contributed by atoms with Gasteiger partial charge in [0.2, 0.25) is 5.91 Å². The Hall–Kier alpha value is -2.64. The second kappa shape index (κ2) is 8.51. The Bertz CT molecular complexity index is 518. The Kier molecular flexibility index (Phi) is 6.66. The van der Waals surface area contributed by atoms with E-state index in [9.17, 15) is 19.7 Å². The third-order valence-corrected chi connectivity index (χ3v) is 2.54. The van der Waals surface area contributed by atoms with Gasteiger partial charge in [0.1, 0.15) is 0 Å². The van der Waals surface area contributed by atoms with Crippen LogP contribution in [-0.4, -0.2) is 30.1 Å². The lowest BCUT2D eigenvalue weighted by Crippen LogP contribution is -2.26. The second-order valence-electron chi connectivity index (χ2n) is 4.25. The van der Waals surface area contributed by atoms with Crippen molar-refractivity contribution in [2.45, 2.75) is 19.8 Å². The van der Waals surface area contributed by atoms with Crippen molar-refractivity contribution in [2.75, 3.05) is 18.5 Å². The van der Waals surface area contributed by atoms with Gasteiger partial charge in [0.15, 0.2) is 0 Å². The van der Waals surface area contributed by atoms with Gasteiger partial charge in [0.05, 0.1) is 17.9 Å². The third kappa shape index (κ3) is 6.37. The summed E-state index contributed by atoms with van der Waals surface area (Å²) in [5, 5.41) is 14.4. The third-order valence-electron chi connectivity index (χ3n) is 2.54. The number of unbranched alkanes of at least 4 members (excludes halogenated alkanes) is 1. The van der Waals surface area contributed by atoms with E-state index < -0.39 is 5.09 Å². The number of benzene rings is 1. The van der Waals surface area contributed by atoms with Crippen LogP contribution in [0, 0.1) is 10.1 Å². The zero-order valence-corrected chi connectivity index (χ0v) is 11.6. The molecule has 0 saturated carbocycles. The monoisotopic (exact) mass is 295 g/mol. The predicted octanol–water partition coefficient (Wildman–Crippen LogP) is 1.36. The number of rotatable bonds is 8. The molecule has 0 aliphatic rings. The average molecular weight is 295 g/mol. The molecular weight excluding hydrogens is 278 g/mol. The summed E-state index contributed by atoms with van der Waals surface area (Å²) in [6, 6.07) is 6.67. The van der Waals surface area contributed by atoms with Crippen LogP contribution >= 0.6 is 0 Å². The van der Waals surface area contributed by atoms with Crippen molar-refractivity contribution >= 4 is 17.5 Å². The van der Waals surface area contributed by atoms with Crippen LogP contribution in [0.2, 0.25) is 0 Å². The van der Waals surface area contributed by atoms with Crippen molar-refractivity contribution in [3.05, 3.63) is 39.9 Å². The molecule has 0 atom stereocenters. The normalized spacial score (nSPS) is 9.76. The molecule has 114 valence electrons. The highest BCUT2D eigenvalue weighted by Crippen LogP contribution is 2.14. The summed E-state index contributed by atoms with van der Waals surface area (Å²) in [5.74, 6) is -0.568. The lowest BCUT2D eigenvalue weighted by Gasteiger charge is -2.10. The van der Waals surface area contributed by atoms with Gasteiger partial charge in [-0.2, -0.15) is 0 Å². The summed E-state index contributed by atoms with van der Waals surface area (Å²) >= 11 is 0. The fourth-order valence-electron chi connectivity index (χ4n) is 1.64. The Labute approximate surface area is 121 Å². The highest BCUT2D eigenvalue weighted by atomic mass is 16.9. The molecule has 2 N–H and O–H groups in total. The molecule has 8 nitrogen and oxygen atoms in total. The van der Waals surface area contributed by atoms with Gasteiger partial charge in [-0.1, -0.05) is 12.1 Å². The van der Waals surface area contributed by atoms with Crippen molar-refractivity contribution in [1.29, 1.82) is 0 Å². The molecule has 0 fully saturated rings. The fourth-order valence-corrected chi connectivity index (χ4v) is 1.64. The van der Waals surface area contributed by atoms with Crippen LogP contribution in [0.5, 0.6) is 0 Å². The molecule has 0 aliphatic carbocycles. The van der Waals surface area contributed by atoms with Gasteiger partial charge in [-0.05, 0) is 25.0 Å².